The van der Waals surface area contributed by atoms with E-state index in [0.717, 1.165) is 36.5 Å². The maximum atomic E-state index is 11.6. The first-order valence-electron chi connectivity index (χ1n) is 8.08. The SMILES string of the molecule is C[C@@]12C=CC[C@H]1[C@@H]1CCC3=CC(=O)CC[C@@H]3[C@H]1CC2. The largest absolute Gasteiger partial charge is 0.295 e. The highest BCUT2D eigenvalue weighted by molar-refractivity contribution is 5.91. The fraction of sp³-hybridized carbons (Fsp3) is 0.722. The molecule has 0 saturated heterocycles. The minimum atomic E-state index is 0.382. The second-order valence-corrected chi connectivity index (χ2v) is 7.49. The molecule has 0 aromatic heterocycles. The molecular weight excluding hydrogens is 232 g/mol. The fourth-order valence-electron chi connectivity index (χ4n) is 5.66. The zero-order valence-electron chi connectivity index (χ0n) is 11.9. The van der Waals surface area contributed by atoms with E-state index in [0.29, 0.717) is 11.2 Å². The maximum Gasteiger partial charge on any atom is 0.155 e. The Balaban J connectivity index is 1.64. The first-order valence-corrected chi connectivity index (χ1v) is 8.08. The van der Waals surface area contributed by atoms with Crippen molar-refractivity contribution in [2.45, 2.75) is 51.9 Å². The van der Waals surface area contributed by atoms with Crippen LogP contribution in [0.1, 0.15) is 51.9 Å². The Morgan fingerprint density at radius 1 is 1.16 bits per heavy atom. The van der Waals surface area contributed by atoms with Crippen LogP contribution in [0.5, 0.6) is 0 Å². The monoisotopic (exact) mass is 256 g/mol. The van der Waals surface area contributed by atoms with Gasteiger partial charge in [0, 0.05) is 6.42 Å². The van der Waals surface area contributed by atoms with Crippen molar-refractivity contribution >= 4 is 5.78 Å². The van der Waals surface area contributed by atoms with Crippen LogP contribution in [0.4, 0.5) is 0 Å². The molecule has 4 aliphatic carbocycles. The van der Waals surface area contributed by atoms with Crippen LogP contribution < -0.4 is 0 Å². The van der Waals surface area contributed by atoms with Crippen molar-refractivity contribution < 1.29 is 4.79 Å². The standard InChI is InChI=1S/C18H24O/c1-18-9-2-3-17(18)16-6-4-12-11-13(19)5-7-14(12)15(16)8-10-18/h2,9,11,14-17H,3-8,10H2,1H3/t14-,15+,16+,17-,18-/m0/s1. The summed E-state index contributed by atoms with van der Waals surface area (Å²) >= 11 is 0. The summed E-state index contributed by atoms with van der Waals surface area (Å²) in [6.07, 6.45) is 15.5. The Labute approximate surface area is 116 Å². The van der Waals surface area contributed by atoms with Crippen molar-refractivity contribution in [2.24, 2.45) is 29.1 Å². The molecule has 5 atom stereocenters. The third-order valence-corrected chi connectivity index (χ3v) is 6.63. The van der Waals surface area contributed by atoms with Gasteiger partial charge in [-0.25, -0.2) is 0 Å². The Morgan fingerprint density at radius 2 is 2.05 bits per heavy atom. The van der Waals surface area contributed by atoms with E-state index in [1.54, 1.807) is 0 Å². The van der Waals surface area contributed by atoms with Gasteiger partial charge in [0.25, 0.3) is 0 Å². The molecule has 4 aliphatic rings. The van der Waals surface area contributed by atoms with Gasteiger partial charge in [0.05, 0.1) is 0 Å². The first-order chi connectivity index (χ1) is 9.17. The van der Waals surface area contributed by atoms with Crippen LogP contribution in [0.2, 0.25) is 0 Å². The lowest BCUT2D eigenvalue weighted by Crippen LogP contribution is -2.44. The van der Waals surface area contributed by atoms with Gasteiger partial charge >= 0.3 is 0 Å². The van der Waals surface area contributed by atoms with E-state index in [1.165, 1.54) is 37.7 Å². The molecule has 0 radical (unpaired) electrons. The number of allylic oxidation sites excluding steroid dienone is 4. The zero-order valence-corrected chi connectivity index (χ0v) is 11.9. The molecule has 4 rings (SSSR count). The van der Waals surface area contributed by atoms with Gasteiger partial charge < -0.3 is 0 Å². The Kier molecular flexibility index (Phi) is 2.56. The third-order valence-electron chi connectivity index (χ3n) is 6.63. The molecule has 2 fully saturated rings. The normalized spacial score (nSPS) is 48.3. The molecule has 0 unspecified atom stereocenters. The van der Waals surface area contributed by atoms with Crippen LogP contribution in [0.25, 0.3) is 0 Å². The van der Waals surface area contributed by atoms with Gasteiger partial charge in [-0.15, -0.1) is 0 Å². The Bertz CT molecular complexity index is 472. The second-order valence-electron chi connectivity index (χ2n) is 7.49. The van der Waals surface area contributed by atoms with E-state index in [-0.39, 0.29) is 0 Å². The van der Waals surface area contributed by atoms with Crippen LogP contribution in [-0.2, 0) is 4.79 Å². The number of hydrogen-bond donors (Lipinski definition) is 0. The molecular formula is C18H24O. The van der Waals surface area contributed by atoms with Crippen molar-refractivity contribution in [1.82, 2.24) is 0 Å². The van der Waals surface area contributed by atoms with Gasteiger partial charge in [0.15, 0.2) is 5.78 Å². The quantitative estimate of drug-likeness (QED) is 0.591. The first kappa shape index (κ1) is 11.9. The van der Waals surface area contributed by atoms with Crippen molar-refractivity contribution in [3.05, 3.63) is 23.8 Å². The molecule has 0 bridgehead atoms. The van der Waals surface area contributed by atoms with E-state index >= 15 is 0 Å². The predicted octanol–water partition coefficient (Wildman–Crippen LogP) is 4.29. The summed E-state index contributed by atoms with van der Waals surface area (Å²) in [5.74, 6) is 3.83. The third kappa shape index (κ3) is 1.70. The Hall–Kier alpha value is -0.850. The van der Waals surface area contributed by atoms with Gasteiger partial charge in [-0.2, -0.15) is 0 Å². The molecule has 0 amide bonds. The number of carbonyl (C=O) groups excluding carboxylic acids is 1. The van der Waals surface area contributed by atoms with Crippen LogP contribution >= 0.6 is 0 Å². The summed E-state index contributed by atoms with van der Waals surface area (Å²) in [6, 6.07) is 0. The van der Waals surface area contributed by atoms with E-state index in [9.17, 15) is 4.79 Å². The van der Waals surface area contributed by atoms with Gasteiger partial charge in [-0.1, -0.05) is 24.6 Å². The fourth-order valence-corrected chi connectivity index (χ4v) is 5.66. The van der Waals surface area contributed by atoms with Gasteiger partial charge in [-0.3, -0.25) is 4.79 Å². The summed E-state index contributed by atoms with van der Waals surface area (Å²) in [4.78, 5) is 11.6. The molecule has 0 aromatic rings. The van der Waals surface area contributed by atoms with Crippen molar-refractivity contribution in [2.75, 3.05) is 0 Å². The lowest BCUT2D eigenvalue weighted by molar-refractivity contribution is -0.115. The maximum absolute atomic E-state index is 11.6. The summed E-state index contributed by atoms with van der Waals surface area (Å²) in [5, 5.41) is 0. The van der Waals surface area contributed by atoms with Crippen molar-refractivity contribution in [3.63, 3.8) is 0 Å². The molecule has 2 saturated carbocycles. The van der Waals surface area contributed by atoms with E-state index in [4.69, 9.17) is 0 Å². The van der Waals surface area contributed by atoms with Crippen LogP contribution in [0.3, 0.4) is 0 Å². The molecule has 1 nitrogen and oxygen atoms in total. The van der Waals surface area contributed by atoms with Crippen molar-refractivity contribution in [1.29, 1.82) is 0 Å². The minimum Gasteiger partial charge on any atom is -0.295 e. The van der Waals surface area contributed by atoms with Gasteiger partial charge in [0.1, 0.15) is 0 Å². The number of rotatable bonds is 0. The van der Waals surface area contributed by atoms with E-state index in [1.807, 2.05) is 6.08 Å². The molecule has 19 heavy (non-hydrogen) atoms. The summed E-state index contributed by atoms with van der Waals surface area (Å²) < 4.78 is 0. The van der Waals surface area contributed by atoms with Gasteiger partial charge in [-0.05, 0) is 73.7 Å². The number of hydrogen-bond acceptors (Lipinski definition) is 1. The second kappa shape index (κ2) is 4.07. The molecule has 0 aliphatic heterocycles. The smallest absolute Gasteiger partial charge is 0.155 e. The Morgan fingerprint density at radius 3 is 2.95 bits per heavy atom. The van der Waals surface area contributed by atoms with Crippen LogP contribution in [0.15, 0.2) is 23.8 Å². The molecule has 0 heterocycles. The molecule has 0 aromatic carbocycles. The number of carbonyl (C=O) groups is 1. The van der Waals surface area contributed by atoms with Gasteiger partial charge in [0.2, 0.25) is 0 Å². The number of ketones is 1. The van der Waals surface area contributed by atoms with Crippen molar-refractivity contribution in [3.8, 4) is 0 Å². The highest BCUT2D eigenvalue weighted by Crippen LogP contribution is 2.59. The highest BCUT2D eigenvalue weighted by Gasteiger charge is 2.50. The van der Waals surface area contributed by atoms with Crippen LogP contribution in [0, 0.1) is 29.1 Å². The summed E-state index contributed by atoms with van der Waals surface area (Å²) in [7, 11) is 0. The lowest BCUT2D eigenvalue weighted by Gasteiger charge is -2.52. The number of fused-ring (bicyclic) bond motifs is 5. The van der Waals surface area contributed by atoms with E-state index < -0.39 is 0 Å². The minimum absolute atomic E-state index is 0.382. The molecule has 0 spiro atoms. The topological polar surface area (TPSA) is 17.1 Å². The molecule has 102 valence electrons. The average molecular weight is 256 g/mol. The summed E-state index contributed by atoms with van der Waals surface area (Å²) in [6.45, 7) is 2.48. The van der Waals surface area contributed by atoms with E-state index in [2.05, 4.69) is 19.1 Å². The molecule has 0 N–H and O–H groups in total. The highest BCUT2D eigenvalue weighted by atomic mass is 16.1. The summed E-state index contributed by atoms with van der Waals surface area (Å²) in [5.41, 5.74) is 2.00. The zero-order chi connectivity index (χ0) is 13.0. The lowest BCUT2D eigenvalue weighted by atomic mass is 9.52. The average Bonchev–Trinajstić information content (AvgIpc) is 2.79. The molecule has 1 heteroatoms. The predicted molar refractivity (Wildman–Crippen MR) is 76.6 cm³/mol. The van der Waals surface area contributed by atoms with Crippen LogP contribution in [-0.4, -0.2) is 5.78 Å².